The third-order valence-electron chi connectivity index (χ3n) is 6.60. The molecule has 2 N–H and O–H groups in total. The number of benzene rings is 1. The van der Waals surface area contributed by atoms with Gasteiger partial charge in [-0.3, -0.25) is 19.8 Å². The number of carbonyl (C=O) groups excluding carboxylic acids is 2. The maximum atomic E-state index is 13.0. The third kappa shape index (κ3) is 4.95. The number of aryl methyl sites for hydroxylation is 1. The smallest absolute Gasteiger partial charge is 0.276 e. The van der Waals surface area contributed by atoms with Gasteiger partial charge in [-0.15, -0.1) is 0 Å². The summed E-state index contributed by atoms with van der Waals surface area (Å²) in [6.07, 6.45) is 2.77. The quantitative estimate of drug-likeness (QED) is 0.608. The molecule has 5 rings (SSSR count). The van der Waals surface area contributed by atoms with Gasteiger partial charge in [0.05, 0.1) is 11.0 Å². The van der Waals surface area contributed by atoms with Crippen molar-refractivity contribution >= 4 is 28.8 Å². The molecule has 34 heavy (non-hydrogen) atoms. The van der Waals surface area contributed by atoms with Crippen LogP contribution in [-0.4, -0.2) is 75.9 Å². The molecule has 1 aromatic carbocycles. The minimum Gasteiger partial charge on any atom is -0.351 e. The van der Waals surface area contributed by atoms with Crippen molar-refractivity contribution in [2.24, 2.45) is 0 Å². The highest BCUT2D eigenvalue weighted by molar-refractivity contribution is 6.03. The zero-order valence-corrected chi connectivity index (χ0v) is 19.6. The molecule has 9 nitrogen and oxygen atoms in total. The number of piperazine rings is 1. The van der Waals surface area contributed by atoms with Crippen molar-refractivity contribution in [1.82, 2.24) is 29.7 Å². The van der Waals surface area contributed by atoms with E-state index in [0.717, 1.165) is 69.6 Å². The molecule has 178 valence electrons. The maximum Gasteiger partial charge on any atom is 0.276 e. The Morgan fingerprint density at radius 3 is 2.50 bits per heavy atom. The number of carbonyl (C=O) groups is 2. The van der Waals surface area contributed by atoms with Gasteiger partial charge in [-0.25, -0.2) is 9.97 Å². The van der Waals surface area contributed by atoms with Gasteiger partial charge < -0.3 is 14.8 Å². The molecule has 3 aromatic rings. The fourth-order valence-electron chi connectivity index (χ4n) is 4.58. The largest absolute Gasteiger partial charge is 0.351 e. The molecule has 0 saturated carbocycles. The van der Waals surface area contributed by atoms with E-state index in [1.807, 2.05) is 0 Å². The Labute approximate surface area is 199 Å². The Hall–Kier alpha value is -3.30. The Bertz CT molecular complexity index is 1200. The average Bonchev–Trinajstić information content (AvgIpc) is 3.18. The Balaban J connectivity index is 1.43. The van der Waals surface area contributed by atoms with Crippen LogP contribution >= 0.6 is 0 Å². The molecule has 1 saturated heterocycles. The number of hydrogen-bond donors (Lipinski definition) is 2. The predicted molar refractivity (Wildman–Crippen MR) is 131 cm³/mol. The molecule has 2 aliphatic rings. The van der Waals surface area contributed by atoms with Crippen molar-refractivity contribution in [1.29, 1.82) is 0 Å². The highest BCUT2D eigenvalue weighted by atomic mass is 16.2. The first-order valence-electron chi connectivity index (χ1n) is 12.0. The number of nitrogens with zero attached hydrogens (tertiary/aromatic N) is 5. The highest BCUT2D eigenvalue weighted by Crippen LogP contribution is 2.24. The molecule has 0 spiro atoms. The van der Waals surface area contributed by atoms with Crippen LogP contribution in [0, 0.1) is 0 Å². The van der Waals surface area contributed by atoms with Crippen LogP contribution in [-0.2, 0) is 13.1 Å². The van der Waals surface area contributed by atoms with Gasteiger partial charge in [0, 0.05) is 45.8 Å². The van der Waals surface area contributed by atoms with E-state index in [2.05, 4.69) is 55.2 Å². The summed E-state index contributed by atoms with van der Waals surface area (Å²) in [4.78, 5) is 39.2. The number of pyridine rings is 1. The number of imidazole rings is 1. The van der Waals surface area contributed by atoms with Crippen molar-refractivity contribution in [3.8, 4) is 0 Å². The summed E-state index contributed by atoms with van der Waals surface area (Å²) in [5.41, 5.74) is 3.56. The number of aromatic nitrogens is 3. The molecule has 2 aliphatic heterocycles. The summed E-state index contributed by atoms with van der Waals surface area (Å²) < 4.78 is 2.08. The highest BCUT2D eigenvalue weighted by Gasteiger charge is 2.19. The molecule has 1 fully saturated rings. The van der Waals surface area contributed by atoms with Crippen molar-refractivity contribution in [3.05, 3.63) is 53.3 Å². The predicted octanol–water partition coefficient (Wildman–Crippen LogP) is 2.34. The average molecular weight is 462 g/mol. The van der Waals surface area contributed by atoms with E-state index in [1.165, 1.54) is 5.56 Å². The number of rotatable bonds is 2. The van der Waals surface area contributed by atoms with E-state index in [0.29, 0.717) is 12.5 Å². The lowest BCUT2D eigenvalue weighted by Gasteiger charge is -2.32. The first-order chi connectivity index (χ1) is 16.6. The Kier molecular flexibility index (Phi) is 6.55. The number of fused-ring (bicyclic) bond motifs is 5. The third-order valence-corrected chi connectivity index (χ3v) is 6.60. The van der Waals surface area contributed by atoms with E-state index in [4.69, 9.17) is 4.98 Å². The van der Waals surface area contributed by atoms with Gasteiger partial charge in [-0.1, -0.05) is 12.1 Å². The summed E-state index contributed by atoms with van der Waals surface area (Å²) >= 11 is 0. The first-order valence-corrected chi connectivity index (χ1v) is 12.0. The number of nitrogens with one attached hydrogen (secondary N) is 2. The van der Waals surface area contributed by atoms with Crippen LogP contribution in [0.4, 0.5) is 5.95 Å². The van der Waals surface area contributed by atoms with Gasteiger partial charge in [0.1, 0.15) is 11.4 Å². The molecule has 0 aliphatic carbocycles. The van der Waals surface area contributed by atoms with Gasteiger partial charge in [-0.2, -0.15) is 0 Å². The zero-order valence-electron chi connectivity index (χ0n) is 19.6. The van der Waals surface area contributed by atoms with E-state index in [9.17, 15) is 9.59 Å². The number of hydrogen-bond acceptors (Lipinski definition) is 6. The molecule has 0 atom stereocenters. The van der Waals surface area contributed by atoms with E-state index in [-0.39, 0.29) is 23.2 Å². The second-order valence-electron chi connectivity index (χ2n) is 9.17. The summed E-state index contributed by atoms with van der Waals surface area (Å²) in [7, 11) is 2.16. The van der Waals surface area contributed by atoms with Gasteiger partial charge in [0.2, 0.25) is 5.95 Å². The SMILES string of the molecule is CN1CCN(Cc2ccc3c(c2)nc2n3CCCCCNC(=O)c3cccc(n3)C(=O)N2)CC1. The molecule has 2 amide bonds. The molecule has 9 heteroatoms. The Morgan fingerprint density at radius 1 is 0.882 bits per heavy atom. The fourth-order valence-corrected chi connectivity index (χ4v) is 4.58. The molecule has 0 radical (unpaired) electrons. The van der Waals surface area contributed by atoms with Crippen molar-refractivity contribution < 1.29 is 9.59 Å². The van der Waals surface area contributed by atoms with Crippen LogP contribution in [0.5, 0.6) is 0 Å². The van der Waals surface area contributed by atoms with Gasteiger partial charge in [-0.05, 0) is 56.1 Å². The monoisotopic (exact) mass is 461 g/mol. The lowest BCUT2D eigenvalue weighted by Crippen LogP contribution is -2.43. The van der Waals surface area contributed by atoms with Crippen LogP contribution in [0.2, 0.25) is 0 Å². The van der Waals surface area contributed by atoms with E-state index >= 15 is 0 Å². The van der Waals surface area contributed by atoms with Gasteiger partial charge in [0.25, 0.3) is 11.8 Å². The van der Waals surface area contributed by atoms with Crippen LogP contribution in [0.3, 0.4) is 0 Å². The lowest BCUT2D eigenvalue weighted by atomic mass is 10.1. The number of anilines is 1. The first kappa shape index (κ1) is 22.5. The molecule has 2 bridgehead atoms. The summed E-state index contributed by atoms with van der Waals surface area (Å²) in [5.74, 6) is -0.113. The minimum atomic E-state index is -0.374. The van der Waals surface area contributed by atoms with Crippen LogP contribution in [0.15, 0.2) is 36.4 Å². The summed E-state index contributed by atoms with van der Waals surface area (Å²) in [6.45, 7) is 6.53. The molecule has 4 heterocycles. The van der Waals surface area contributed by atoms with E-state index in [1.54, 1.807) is 18.2 Å². The molecular weight excluding hydrogens is 430 g/mol. The minimum absolute atomic E-state index is 0.194. The van der Waals surface area contributed by atoms with Gasteiger partial charge >= 0.3 is 0 Å². The second-order valence-corrected chi connectivity index (χ2v) is 9.17. The van der Waals surface area contributed by atoms with Crippen molar-refractivity contribution in [2.45, 2.75) is 32.4 Å². The molecule has 2 aromatic heterocycles. The standard InChI is InChI=1S/C25H31N7O2/c1-30-12-14-31(15-13-30)17-18-8-9-22-21(16-18)28-25-29-24(34)20-7-5-6-19(27-20)23(33)26-10-3-2-4-11-32(22)25/h5-9,16H,2-4,10-15,17H2,1H3,(H,26,33)(H,28,29,34). The number of amides is 2. The van der Waals surface area contributed by atoms with Crippen LogP contribution < -0.4 is 10.6 Å². The summed E-state index contributed by atoms with van der Waals surface area (Å²) in [5, 5.41) is 5.82. The lowest BCUT2D eigenvalue weighted by molar-refractivity contribution is 0.0947. The normalized spacial score (nSPS) is 18.7. The van der Waals surface area contributed by atoms with Crippen LogP contribution in [0.1, 0.15) is 45.8 Å². The van der Waals surface area contributed by atoms with E-state index < -0.39 is 0 Å². The number of likely N-dealkylation sites (N-methyl/N-ethyl adjacent to an activating group) is 1. The topological polar surface area (TPSA) is 95.4 Å². The van der Waals surface area contributed by atoms with Gasteiger partial charge in [0.15, 0.2) is 0 Å². The Morgan fingerprint density at radius 2 is 1.68 bits per heavy atom. The summed E-state index contributed by atoms with van der Waals surface area (Å²) in [6, 6.07) is 11.3. The zero-order chi connectivity index (χ0) is 23.5. The molecule has 0 unspecified atom stereocenters. The van der Waals surface area contributed by atoms with Crippen molar-refractivity contribution in [3.63, 3.8) is 0 Å². The molecular formula is C25H31N7O2. The fraction of sp³-hybridized carbons (Fsp3) is 0.440. The second kappa shape index (κ2) is 9.90. The van der Waals surface area contributed by atoms with Crippen molar-refractivity contribution in [2.75, 3.05) is 45.1 Å². The maximum absolute atomic E-state index is 13.0. The van der Waals surface area contributed by atoms with Crippen LogP contribution in [0.25, 0.3) is 11.0 Å².